The average molecular weight is 288 g/mol. The van der Waals surface area contributed by atoms with E-state index in [4.69, 9.17) is 0 Å². The van der Waals surface area contributed by atoms with Gasteiger partial charge in [0.15, 0.2) is 0 Å². The highest BCUT2D eigenvalue weighted by Crippen LogP contribution is 2.19. The lowest BCUT2D eigenvalue weighted by Crippen LogP contribution is -2.39. The Morgan fingerprint density at radius 3 is 2.72 bits per heavy atom. The molecule has 1 heterocycles. The van der Waals surface area contributed by atoms with Crippen molar-refractivity contribution in [3.05, 3.63) is 21.9 Å². The van der Waals surface area contributed by atoms with Gasteiger partial charge >= 0.3 is 0 Å². The number of thiophene rings is 1. The second kappa shape index (κ2) is 5.69. The molecule has 6 heteroatoms. The van der Waals surface area contributed by atoms with Crippen molar-refractivity contribution in [1.29, 1.82) is 0 Å². The van der Waals surface area contributed by atoms with Gasteiger partial charge in [0, 0.05) is 28.9 Å². The van der Waals surface area contributed by atoms with Gasteiger partial charge in [-0.1, -0.05) is 0 Å². The Kier molecular flexibility index (Phi) is 4.42. The molecule has 0 aliphatic heterocycles. The molecule has 4 nitrogen and oxygen atoms in total. The first kappa shape index (κ1) is 14.0. The van der Waals surface area contributed by atoms with Gasteiger partial charge in [-0.05, 0) is 38.8 Å². The summed E-state index contributed by atoms with van der Waals surface area (Å²) in [6.07, 6.45) is 2.35. The molecule has 1 aliphatic carbocycles. The molecule has 0 spiro atoms. The minimum absolute atomic E-state index is 0.390. The molecule has 1 aromatic rings. The minimum Gasteiger partial charge on any atom is -0.313 e. The van der Waals surface area contributed by atoms with Crippen LogP contribution >= 0.6 is 11.3 Å². The second-order valence-electron chi connectivity index (χ2n) is 4.87. The first-order chi connectivity index (χ1) is 8.47. The molecule has 0 saturated heterocycles. The molecule has 2 rings (SSSR count). The monoisotopic (exact) mass is 288 g/mol. The summed E-state index contributed by atoms with van der Waals surface area (Å²) in [5, 5.41) is 2.86. The van der Waals surface area contributed by atoms with Crippen LogP contribution in [0.2, 0.25) is 0 Å². The Morgan fingerprint density at radius 2 is 2.17 bits per heavy atom. The van der Waals surface area contributed by atoms with Gasteiger partial charge in [0.25, 0.3) is 0 Å². The third-order valence-corrected chi connectivity index (χ3v) is 5.82. The quantitative estimate of drug-likeness (QED) is 0.801. The summed E-state index contributed by atoms with van der Waals surface area (Å²) in [6, 6.07) is 4.52. The number of hydrogen-bond acceptors (Lipinski definition) is 4. The first-order valence-electron chi connectivity index (χ1n) is 6.24. The molecule has 0 bridgehead atoms. The van der Waals surface area contributed by atoms with Crippen LogP contribution in [-0.4, -0.2) is 26.3 Å². The van der Waals surface area contributed by atoms with Gasteiger partial charge < -0.3 is 5.32 Å². The van der Waals surface area contributed by atoms with Crippen molar-refractivity contribution in [2.24, 2.45) is 0 Å². The Hall–Kier alpha value is -0.430. The molecule has 1 atom stereocenters. The molecule has 0 radical (unpaired) electrons. The number of aryl methyl sites for hydroxylation is 1. The van der Waals surface area contributed by atoms with Crippen molar-refractivity contribution < 1.29 is 8.42 Å². The van der Waals surface area contributed by atoms with Crippen molar-refractivity contribution in [3.8, 4) is 0 Å². The van der Waals surface area contributed by atoms with Crippen LogP contribution in [0.15, 0.2) is 12.1 Å². The molecule has 102 valence electrons. The molecule has 0 aromatic carbocycles. The largest absolute Gasteiger partial charge is 0.313 e. The van der Waals surface area contributed by atoms with Gasteiger partial charge in [0.05, 0.1) is 5.25 Å². The van der Waals surface area contributed by atoms with E-state index >= 15 is 0 Å². The van der Waals surface area contributed by atoms with Crippen LogP contribution in [0.3, 0.4) is 0 Å². The average Bonchev–Trinajstić information content (AvgIpc) is 3.06. The standard InChI is InChI=1S/C12H20N2O2S2/c1-9-3-6-12(17-9)8-14-18(15,16)10(2)7-13-11-4-5-11/h3,6,10-11,13-14H,4-5,7-8H2,1-2H3. The molecule has 18 heavy (non-hydrogen) atoms. The van der Waals surface area contributed by atoms with Gasteiger partial charge in [-0.3, -0.25) is 0 Å². The van der Waals surface area contributed by atoms with E-state index in [1.165, 1.54) is 17.7 Å². The number of nitrogens with one attached hydrogen (secondary N) is 2. The summed E-state index contributed by atoms with van der Waals surface area (Å²) >= 11 is 1.63. The van der Waals surface area contributed by atoms with Crippen molar-refractivity contribution >= 4 is 21.4 Å². The van der Waals surface area contributed by atoms with Crippen LogP contribution in [0.5, 0.6) is 0 Å². The normalized spacial score (nSPS) is 17.9. The summed E-state index contributed by atoms with van der Waals surface area (Å²) in [4.78, 5) is 2.26. The van der Waals surface area contributed by atoms with E-state index in [-0.39, 0.29) is 5.25 Å². The molecule has 0 amide bonds. The van der Waals surface area contributed by atoms with E-state index in [9.17, 15) is 8.42 Å². The zero-order chi connectivity index (χ0) is 13.2. The number of rotatable bonds is 7. The Labute approximate surface area is 113 Å². The van der Waals surface area contributed by atoms with Crippen molar-refractivity contribution in [2.45, 2.75) is 44.5 Å². The van der Waals surface area contributed by atoms with E-state index in [1.54, 1.807) is 18.3 Å². The van der Waals surface area contributed by atoms with Crippen LogP contribution in [0.4, 0.5) is 0 Å². The molecule has 2 N–H and O–H groups in total. The van der Waals surface area contributed by atoms with Crippen LogP contribution in [-0.2, 0) is 16.6 Å². The topological polar surface area (TPSA) is 58.2 Å². The van der Waals surface area contributed by atoms with E-state index in [1.807, 2.05) is 19.1 Å². The zero-order valence-electron chi connectivity index (χ0n) is 10.8. The summed E-state index contributed by atoms with van der Waals surface area (Å²) in [7, 11) is -3.22. The molecule has 1 fully saturated rings. The molecular weight excluding hydrogens is 268 g/mol. The maximum absolute atomic E-state index is 12.0. The molecule has 1 aromatic heterocycles. The van der Waals surface area contributed by atoms with E-state index in [0.717, 1.165) is 4.88 Å². The summed E-state index contributed by atoms with van der Waals surface area (Å²) in [6.45, 7) is 4.69. The van der Waals surface area contributed by atoms with Gasteiger partial charge in [-0.25, -0.2) is 13.1 Å². The zero-order valence-corrected chi connectivity index (χ0v) is 12.4. The third-order valence-electron chi connectivity index (χ3n) is 3.04. The second-order valence-corrected chi connectivity index (χ2v) is 8.43. The lowest BCUT2D eigenvalue weighted by Gasteiger charge is -2.14. The number of sulfonamides is 1. The molecular formula is C12H20N2O2S2. The van der Waals surface area contributed by atoms with E-state index in [2.05, 4.69) is 10.0 Å². The van der Waals surface area contributed by atoms with Gasteiger partial charge in [-0.15, -0.1) is 11.3 Å². The minimum atomic E-state index is -3.22. The SMILES string of the molecule is Cc1ccc(CNS(=O)(=O)C(C)CNC2CC2)s1. The molecule has 1 unspecified atom stereocenters. The van der Waals surface area contributed by atoms with Gasteiger partial charge in [0.1, 0.15) is 0 Å². The summed E-state index contributed by atoms with van der Waals surface area (Å²) in [5.74, 6) is 0. The lowest BCUT2D eigenvalue weighted by atomic mass is 10.4. The summed E-state index contributed by atoms with van der Waals surface area (Å²) in [5.41, 5.74) is 0. The van der Waals surface area contributed by atoms with Gasteiger partial charge in [-0.2, -0.15) is 0 Å². The Balaban J connectivity index is 1.81. The Morgan fingerprint density at radius 1 is 1.44 bits per heavy atom. The van der Waals surface area contributed by atoms with Crippen molar-refractivity contribution in [3.63, 3.8) is 0 Å². The highest BCUT2D eigenvalue weighted by Gasteiger charge is 2.25. The van der Waals surface area contributed by atoms with Crippen molar-refractivity contribution in [2.75, 3.05) is 6.54 Å². The van der Waals surface area contributed by atoms with Crippen LogP contribution in [0.1, 0.15) is 29.5 Å². The van der Waals surface area contributed by atoms with Crippen molar-refractivity contribution in [1.82, 2.24) is 10.0 Å². The highest BCUT2D eigenvalue weighted by atomic mass is 32.2. The van der Waals surface area contributed by atoms with Crippen LogP contribution in [0, 0.1) is 6.92 Å². The third kappa shape index (κ3) is 4.05. The lowest BCUT2D eigenvalue weighted by molar-refractivity contribution is 0.557. The smallest absolute Gasteiger partial charge is 0.215 e. The first-order valence-corrected chi connectivity index (χ1v) is 8.61. The fraction of sp³-hybridized carbons (Fsp3) is 0.667. The highest BCUT2D eigenvalue weighted by molar-refractivity contribution is 7.90. The molecule has 1 aliphatic rings. The maximum Gasteiger partial charge on any atom is 0.215 e. The molecule has 1 saturated carbocycles. The fourth-order valence-corrected chi connectivity index (χ4v) is 3.50. The van der Waals surface area contributed by atoms with E-state index < -0.39 is 10.0 Å². The van der Waals surface area contributed by atoms with E-state index in [0.29, 0.717) is 19.1 Å². The predicted molar refractivity (Wildman–Crippen MR) is 75.3 cm³/mol. The maximum atomic E-state index is 12.0. The Bertz CT molecular complexity index is 492. The number of hydrogen-bond donors (Lipinski definition) is 2. The predicted octanol–water partition coefficient (Wildman–Crippen LogP) is 1.62. The fourth-order valence-electron chi connectivity index (χ4n) is 1.62. The van der Waals surface area contributed by atoms with Gasteiger partial charge in [0.2, 0.25) is 10.0 Å². The van der Waals surface area contributed by atoms with Crippen LogP contribution in [0.25, 0.3) is 0 Å². The summed E-state index contributed by atoms with van der Waals surface area (Å²) < 4.78 is 26.7. The van der Waals surface area contributed by atoms with Crippen LogP contribution < -0.4 is 10.0 Å².